The third-order valence-electron chi connectivity index (χ3n) is 2.78. The van der Waals surface area contributed by atoms with Gasteiger partial charge in [-0.15, -0.1) is 0 Å². The van der Waals surface area contributed by atoms with Crippen molar-refractivity contribution < 1.29 is 9.13 Å². The second kappa shape index (κ2) is 4.06. The highest BCUT2D eigenvalue weighted by Crippen LogP contribution is 2.27. The Balaban J connectivity index is 2.31. The van der Waals surface area contributed by atoms with Gasteiger partial charge in [0, 0.05) is 18.8 Å². The Kier molecular flexibility index (Phi) is 2.77. The van der Waals surface area contributed by atoms with E-state index < -0.39 is 0 Å². The summed E-state index contributed by atoms with van der Waals surface area (Å²) in [6, 6.07) is 3.21. The molecule has 4 heteroatoms. The molecule has 1 aliphatic rings. The monoisotopic (exact) mass is 210 g/mol. The normalized spacial score (nSPS) is 16.8. The molecule has 0 spiro atoms. The van der Waals surface area contributed by atoms with Crippen LogP contribution in [0.15, 0.2) is 12.1 Å². The maximum atomic E-state index is 13.2. The molecule has 0 atom stereocenters. The van der Waals surface area contributed by atoms with Crippen molar-refractivity contribution in [3.05, 3.63) is 23.5 Å². The molecule has 0 saturated carbocycles. The Bertz CT molecular complexity index is 362. The summed E-state index contributed by atoms with van der Waals surface area (Å²) in [4.78, 5) is 2.18. The fraction of sp³-hybridized carbons (Fsp3) is 0.455. The smallest absolute Gasteiger partial charge is 0.146 e. The molecule has 2 N–H and O–H groups in total. The second-order valence-electron chi connectivity index (χ2n) is 3.70. The molecule has 1 heterocycles. The van der Waals surface area contributed by atoms with Crippen molar-refractivity contribution in [3.8, 4) is 0 Å². The van der Waals surface area contributed by atoms with Crippen LogP contribution in [0.3, 0.4) is 0 Å². The first-order valence-corrected chi connectivity index (χ1v) is 5.07. The fourth-order valence-corrected chi connectivity index (χ4v) is 1.83. The predicted octanol–water partition coefficient (Wildman–Crippen LogP) is 1.55. The van der Waals surface area contributed by atoms with E-state index in [9.17, 15) is 4.39 Å². The number of nitrogens with two attached hydrogens (primary N) is 1. The molecule has 0 aromatic heterocycles. The lowest BCUT2D eigenvalue weighted by atomic mass is 10.1. The summed E-state index contributed by atoms with van der Waals surface area (Å²) in [7, 11) is 0. The van der Waals surface area contributed by atoms with Crippen LogP contribution < -0.4 is 10.6 Å². The quantitative estimate of drug-likeness (QED) is 0.715. The Labute approximate surface area is 88.6 Å². The minimum atomic E-state index is -0.343. The first-order valence-electron chi connectivity index (χ1n) is 5.07. The van der Waals surface area contributed by atoms with Crippen LogP contribution in [0, 0.1) is 12.7 Å². The molecular weight excluding hydrogens is 195 g/mol. The summed E-state index contributed by atoms with van der Waals surface area (Å²) in [5.41, 5.74) is 7.73. The number of hydrogen-bond donors (Lipinski definition) is 1. The number of rotatable bonds is 1. The van der Waals surface area contributed by atoms with Gasteiger partial charge in [-0.25, -0.2) is 4.39 Å². The predicted molar refractivity (Wildman–Crippen MR) is 58.6 cm³/mol. The van der Waals surface area contributed by atoms with E-state index in [-0.39, 0.29) is 11.5 Å². The molecule has 1 fully saturated rings. The number of ether oxygens (including phenoxy) is 1. The highest BCUT2D eigenvalue weighted by Gasteiger charge is 2.15. The number of anilines is 2. The number of halogens is 1. The molecule has 82 valence electrons. The van der Waals surface area contributed by atoms with Gasteiger partial charge in [0.15, 0.2) is 0 Å². The molecule has 15 heavy (non-hydrogen) atoms. The Hall–Kier alpha value is -1.29. The summed E-state index contributed by atoms with van der Waals surface area (Å²) in [6.45, 7) is 4.97. The van der Waals surface area contributed by atoms with Gasteiger partial charge in [-0.1, -0.05) is 0 Å². The van der Waals surface area contributed by atoms with E-state index in [1.165, 1.54) is 6.07 Å². The fourth-order valence-electron chi connectivity index (χ4n) is 1.83. The van der Waals surface area contributed by atoms with Gasteiger partial charge < -0.3 is 15.4 Å². The molecule has 1 aromatic rings. The van der Waals surface area contributed by atoms with Gasteiger partial charge in [-0.3, -0.25) is 0 Å². The SMILES string of the molecule is Cc1c(N2CCOCC2)ccc(F)c1N. The maximum absolute atomic E-state index is 13.2. The molecule has 0 bridgehead atoms. The minimum Gasteiger partial charge on any atom is -0.396 e. The largest absolute Gasteiger partial charge is 0.396 e. The van der Waals surface area contributed by atoms with Crippen LogP contribution in [0.4, 0.5) is 15.8 Å². The summed E-state index contributed by atoms with van der Waals surface area (Å²) in [6.07, 6.45) is 0. The molecule has 0 amide bonds. The summed E-state index contributed by atoms with van der Waals surface area (Å²) >= 11 is 0. The van der Waals surface area contributed by atoms with Gasteiger partial charge in [0.1, 0.15) is 5.82 Å². The first-order chi connectivity index (χ1) is 7.20. The molecule has 3 nitrogen and oxygen atoms in total. The Morgan fingerprint density at radius 1 is 1.33 bits per heavy atom. The lowest BCUT2D eigenvalue weighted by molar-refractivity contribution is 0.122. The van der Waals surface area contributed by atoms with Crippen LogP contribution >= 0.6 is 0 Å². The lowest BCUT2D eigenvalue weighted by Gasteiger charge is -2.30. The topological polar surface area (TPSA) is 38.5 Å². The summed E-state index contributed by atoms with van der Waals surface area (Å²) < 4.78 is 18.4. The lowest BCUT2D eigenvalue weighted by Crippen LogP contribution is -2.36. The zero-order chi connectivity index (χ0) is 10.8. The minimum absolute atomic E-state index is 0.249. The van der Waals surface area contributed by atoms with Gasteiger partial charge in [0.2, 0.25) is 0 Å². The molecule has 1 saturated heterocycles. The van der Waals surface area contributed by atoms with Crippen LogP contribution in [-0.2, 0) is 4.74 Å². The van der Waals surface area contributed by atoms with Crippen LogP contribution in [-0.4, -0.2) is 26.3 Å². The van der Waals surface area contributed by atoms with Crippen molar-refractivity contribution in [1.82, 2.24) is 0 Å². The van der Waals surface area contributed by atoms with Gasteiger partial charge in [-0.05, 0) is 24.6 Å². The van der Waals surface area contributed by atoms with E-state index in [0.29, 0.717) is 0 Å². The highest BCUT2D eigenvalue weighted by atomic mass is 19.1. The van der Waals surface area contributed by atoms with Gasteiger partial charge in [0.05, 0.1) is 18.9 Å². The van der Waals surface area contributed by atoms with Crippen molar-refractivity contribution in [1.29, 1.82) is 0 Å². The molecule has 0 unspecified atom stereocenters. The second-order valence-corrected chi connectivity index (χ2v) is 3.70. The molecule has 0 aliphatic carbocycles. The van der Waals surface area contributed by atoms with Crippen LogP contribution in [0.2, 0.25) is 0 Å². The number of morpholine rings is 1. The van der Waals surface area contributed by atoms with E-state index >= 15 is 0 Å². The first kappa shape index (κ1) is 10.2. The molecule has 1 aliphatic heterocycles. The third-order valence-corrected chi connectivity index (χ3v) is 2.78. The van der Waals surface area contributed by atoms with E-state index in [4.69, 9.17) is 10.5 Å². The number of nitrogen functional groups attached to an aromatic ring is 1. The van der Waals surface area contributed by atoms with E-state index in [1.807, 2.05) is 6.92 Å². The van der Waals surface area contributed by atoms with Crippen molar-refractivity contribution >= 4 is 11.4 Å². The van der Waals surface area contributed by atoms with E-state index in [0.717, 1.165) is 37.6 Å². The van der Waals surface area contributed by atoms with E-state index in [1.54, 1.807) is 6.07 Å². The highest BCUT2D eigenvalue weighted by molar-refractivity contribution is 5.64. The van der Waals surface area contributed by atoms with Crippen molar-refractivity contribution in [2.75, 3.05) is 36.9 Å². The standard InChI is InChI=1S/C11H15FN2O/c1-8-10(3-2-9(12)11(8)13)14-4-6-15-7-5-14/h2-3H,4-7,13H2,1H3. The van der Waals surface area contributed by atoms with Crippen LogP contribution in [0.25, 0.3) is 0 Å². The van der Waals surface area contributed by atoms with Gasteiger partial charge in [0.25, 0.3) is 0 Å². The maximum Gasteiger partial charge on any atom is 0.146 e. The van der Waals surface area contributed by atoms with Gasteiger partial charge in [-0.2, -0.15) is 0 Å². The third kappa shape index (κ3) is 1.90. The zero-order valence-corrected chi connectivity index (χ0v) is 8.79. The van der Waals surface area contributed by atoms with Crippen LogP contribution in [0.5, 0.6) is 0 Å². The zero-order valence-electron chi connectivity index (χ0n) is 8.79. The molecule has 2 rings (SSSR count). The van der Waals surface area contributed by atoms with Crippen molar-refractivity contribution in [2.45, 2.75) is 6.92 Å². The van der Waals surface area contributed by atoms with Crippen molar-refractivity contribution in [2.24, 2.45) is 0 Å². The average molecular weight is 210 g/mol. The average Bonchev–Trinajstić information content (AvgIpc) is 2.27. The Morgan fingerprint density at radius 3 is 2.67 bits per heavy atom. The Morgan fingerprint density at radius 2 is 2.00 bits per heavy atom. The molecular formula is C11H15FN2O. The summed E-state index contributed by atoms with van der Waals surface area (Å²) in [5.74, 6) is -0.343. The van der Waals surface area contributed by atoms with E-state index in [2.05, 4.69) is 4.90 Å². The number of benzene rings is 1. The van der Waals surface area contributed by atoms with Crippen molar-refractivity contribution in [3.63, 3.8) is 0 Å². The number of nitrogens with zero attached hydrogens (tertiary/aromatic N) is 1. The molecule has 1 aromatic carbocycles. The van der Waals surface area contributed by atoms with Crippen LogP contribution in [0.1, 0.15) is 5.56 Å². The summed E-state index contributed by atoms with van der Waals surface area (Å²) in [5, 5.41) is 0. The van der Waals surface area contributed by atoms with Gasteiger partial charge >= 0.3 is 0 Å². The number of hydrogen-bond acceptors (Lipinski definition) is 3. The molecule has 0 radical (unpaired) electrons.